The van der Waals surface area contributed by atoms with E-state index in [0.29, 0.717) is 11.5 Å². The quantitative estimate of drug-likeness (QED) is 0.818. The summed E-state index contributed by atoms with van der Waals surface area (Å²) in [5, 5.41) is 3.89. The normalized spacial score (nSPS) is 37.0. The summed E-state index contributed by atoms with van der Waals surface area (Å²) in [5.74, 6) is 2.63. The molecule has 0 aromatic rings. The molecule has 2 aliphatic carbocycles. The van der Waals surface area contributed by atoms with Crippen LogP contribution in [0.2, 0.25) is 0 Å². The summed E-state index contributed by atoms with van der Waals surface area (Å²) in [6.07, 6.45) is 9.65. The van der Waals surface area contributed by atoms with Crippen LogP contribution in [0, 0.1) is 23.2 Å². The van der Waals surface area contributed by atoms with Gasteiger partial charge < -0.3 is 11.1 Å². The van der Waals surface area contributed by atoms with Crippen molar-refractivity contribution in [3.05, 3.63) is 0 Å². The highest BCUT2D eigenvalue weighted by molar-refractivity contribution is 4.89. The van der Waals surface area contributed by atoms with E-state index in [1.165, 1.54) is 44.9 Å². The van der Waals surface area contributed by atoms with E-state index in [9.17, 15) is 0 Å². The molecule has 2 rings (SSSR count). The Labute approximate surface area is 126 Å². The molecular formula is C18H36N2. The van der Waals surface area contributed by atoms with Gasteiger partial charge in [-0.1, -0.05) is 27.7 Å². The van der Waals surface area contributed by atoms with Crippen molar-refractivity contribution in [1.82, 2.24) is 5.32 Å². The Hall–Kier alpha value is -0.0800. The molecule has 2 aliphatic rings. The Morgan fingerprint density at radius 1 is 1.05 bits per heavy atom. The Morgan fingerprint density at radius 3 is 2.15 bits per heavy atom. The lowest BCUT2D eigenvalue weighted by molar-refractivity contribution is 0.130. The summed E-state index contributed by atoms with van der Waals surface area (Å²) in [6, 6.07) is 1.30. The smallest absolute Gasteiger partial charge is 0.0221 e. The maximum Gasteiger partial charge on any atom is 0.0221 e. The molecule has 0 aromatic heterocycles. The molecule has 2 saturated carbocycles. The van der Waals surface area contributed by atoms with Gasteiger partial charge in [-0.2, -0.15) is 0 Å². The molecule has 20 heavy (non-hydrogen) atoms. The molecule has 0 heterocycles. The molecule has 2 nitrogen and oxygen atoms in total. The number of hydrogen-bond acceptors (Lipinski definition) is 2. The van der Waals surface area contributed by atoms with Crippen LogP contribution >= 0.6 is 0 Å². The van der Waals surface area contributed by atoms with Crippen LogP contribution in [0.25, 0.3) is 0 Å². The van der Waals surface area contributed by atoms with Gasteiger partial charge in [-0.15, -0.1) is 0 Å². The number of nitrogens with one attached hydrogen (secondary N) is 1. The minimum Gasteiger partial charge on any atom is -0.329 e. The Balaban J connectivity index is 1.81. The monoisotopic (exact) mass is 280 g/mol. The summed E-state index contributed by atoms with van der Waals surface area (Å²) in [4.78, 5) is 0. The third-order valence-corrected chi connectivity index (χ3v) is 5.96. The largest absolute Gasteiger partial charge is 0.329 e. The topological polar surface area (TPSA) is 38.0 Å². The van der Waals surface area contributed by atoms with Gasteiger partial charge in [0.2, 0.25) is 0 Å². The van der Waals surface area contributed by atoms with Crippen LogP contribution in [0.3, 0.4) is 0 Å². The fraction of sp³-hybridized carbons (Fsp3) is 1.00. The first-order chi connectivity index (χ1) is 9.40. The van der Waals surface area contributed by atoms with Crippen molar-refractivity contribution in [2.45, 2.75) is 84.7 Å². The highest BCUT2D eigenvalue weighted by Gasteiger charge is 2.33. The molecule has 0 spiro atoms. The Morgan fingerprint density at radius 2 is 1.70 bits per heavy atom. The molecule has 0 bridgehead atoms. The van der Waals surface area contributed by atoms with Crippen molar-refractivity contribution >= 4 is 0 Å². The van der Waals surface area contributed by atoms with Gasteiger partial charge >= 0.3 is 0 Å². The first-order valence-corrected chi connectivity index (χ1v) is 8.86. The second-order valence-electron chi connectivity index (χ2n) is 8.60. The standard InChI is InChI=1S/C18H36N2/c1-13-5-10-16(11-13)20-17(12-19)14-6-8-15(9-7-14)18(2,3)4/h13-17,20H,5-12,19H2,1-4H3. The molecule has 0 amide bonds. The average molecular weight is 281 g/mol. The highest BCUT2D eigenvalue weighted by atomic mass is 15.0. The van der Waals surface area contributed by atoms with Crippen molar-refractivity contribution in [1.29, 1.82) is 0 Å². The zero-order valence-corrected chi connectivity index (χ0v) is 14.1. The summed E-state index contributed by atoms with van der Waals surface area (Å²) < 4.78 is 0. The van der Waals surface area contributed by atoms with Crippen molar-refractivity contribution in [2.24, 2.45) is 28.9 Å². The SMILES string of the molecule is CC1CCC(NC(CN)C2CCC(C(C)(C)C)CC2)C1. The van der Waals surface area contributed by atoms with Crippen LogP contribution in [-0.4, -0.2) is 18.6 Å². The minimum absolute atomic E-state index is 0.484. The highest BCUT2D eigenvalue weighted by Crippen LogP contribution is 2.40. The number of hydrogen-bond donors (Lipinski definition) is 2. The predicted octanol–water partition coefficient (Wildman–Crippen LogP) is 3.94. The maximum absolute atomic E-state index is 6.07. The van der Waals surface area contributed by atoms with Gasteiger partial charge in [-0.3, -0.25) is 0 Å². The fourth-order valence-corrected chi connectivity index (χ4v) is 4.45. The van der Waals surface area contributed by atoms with Gasteiger partial charge in [0.05, 0.1) is 0 Å². The fourth-order valence-electron chi connectivity index (χ4n) is 4.45. The number of nitrogens with two attached hydrogens (primary N) is 1. The average Bonchev–Trinajstić information content (AvgIpc) is 2.81. The zero-order chi connectivity index (χ0) is 14.8. The van der Waals surface area contributed by atoms with Gasteiger partial charge in [0, 0.05) is 18.6 Å². The lowest BCUT2D eigenvalue weighted by atomic mass is 9.68. The van der Waals surface area contributed by atoms with E-state index in [4.69, 9.17) is 5.73 Å². The van der Waals surface area contributed by atoms with Crippen molar-refractivity contribution in [2.75, 3.05) is 6.54 Å². The van der Waals surface area contributed by atoms with Crippen LogP contribution < -0.4 is 11.1 Å². The van der Waals surface area contributed by atoms with Crippen LogP contribution in [0.1, 0.15) is 72.6 Å². The van der Waals surface area contributed by atoms with Gasteiger partial charge in [-0.05, 0) is 68.1 Å². The van der Waals surface area contributed by atoms with Crippen molar-refractivity contribution < 1.29 is 0 Å². The molecule has 3 N–H and O–H groups in total. The van der Waals surface area contributed by atoms with E-state index in [-0.39, 0.29) is 0 Å². The third kappa shape index (κ3) is 4.21. The molecule has 0 aromatic carbocycles. The first-order valence-electron chi connectivity index (χ1n) is 8.86. The van der Waals surface area contributed by atoms with Crippen molar-refractivity contribution in [3.63, 3.8) is 0 Å². The summed E-state index contributed by atoms with van der Waals surface area (Å²) in [6.45, 7) is 10.4. The zero-order valence-electron chi connectivity index (χ0n) is 14.1. The van der Waals surface area contributed by atoms with E-state index < -0.39 is 0 Å². The lowest BCUT2D eigenvalue weighted by Gasteiger charge is -2.40. The Kier molecular flexibility index (Phi) is 5.53. The first kappa shape index (κ1) is 16.3. The molecule has 2 fully saturated rings. The van der Waals surface area contributed by atoms with Crippen LogP contribution in [0.5, 0.6) is 0 Å². The van der Waals surface area contributed by atoms with Crippen LogP contribution in [-0.2, 0) is 0 Å². The molecular weight excluding hydrogens is 244 g/mol. The van der Waals surface area contributed by atoms with E-state index in [0.717, 1.165) is 30.3 Å². The maximum atomic E-state index is 6.07. The molecule has 2 heteroatoms. The van der Waals surface area contributed by atoms with E-state index in [1.807, 2.05) is 0 Å². The van der Waals surface area contributed by atoms with Crippen LogP contribution in [0.15, 0.2) is 0 Å². The Bertz CT molecular complexity index is 286. The molecule has 0 saturated heterocycles. The molecule has 0 aliphatic heterocycles. The van der Waals surface area contributed by atoms with Gasteiger partial charge in [0.1, 0.15) is 0 Å². The van der Waals surface area contributed by atoms with Gasteiger partial charge in [-0.25, -0.2) is 0 Å². The molecule has 118 valence electrons. The molecule has 3 unspecified atom stereocenters. The molecule has 0 radical (unpaired) electrons. The second kappa shape index (κ2) is 6.79. The van der Waals surface area contributed by atoms with E-state index in [2.05, 4.69) is 33.0 Å². The minimum atomic E-state index is 0.484. The van der Waals surface area contributed by atoms with E-state index >= 15 is 0 Å². The van der Waals surface area contributed by atoms with Crippen LogP contribution in [0.4, 0.5) is 0 Å². The summed E-state index contributed by atoms with van der Waals surface area (Å²) in [5.41, 5.74) is 6.56. The molecule has 3 atom stereocenters. The third-order valence-electron chi connectivity index (χ3n) is 5.96. The lowest BCUT2D eigenvalue weighted by Crippen LogP contribution is -2.47. The van der Waals surface area contributed by atoms with Crippen molar-refractivity contribution in [3.8, 4) is 0 Å². The summed E-state index contributed by atoms with van der Waals surface area (Å²) >= 11 is 0. The number of rotatable bonds is 4. The van der Waals surface area contributed by atoms with Gasteiger partial charge in [0.25, 0.3) is 0 Å². The van der Waals surface area contributed by atoms with E-state index in [1.54, 1.807) is 0 Å². The van der Waals surface area contributed by atoms with Gasteiger partial charge in [0.15, 0.2) is 0 Å². The second-order valence-corrected chi connectivity index (χ2v) is 8.60. The summed E-state index contributed by atoms with van der Waals surface area (Å²) in [7, 11) is 0. The predicted molar refractivity (Wildman–Crippen MR) is 87.7 cm³/mol.